The summed E-state index contributed by atoms with van der Waals surface area (Å²) in [6, 6.07) is 5.34. The van der Waals surface area contributed by atoms with Crippen molar-refractivity contribution in [3.05, 3.63) is 35.7 Å². The van der Waals surface area contributed by atoms with Crippen molar-refractivity contribution >= 4 is 11.8 Å². The molecule has 0 spiro atoms. The molecule has 2 N–H and O–H groups in total. The van der Waals surface area contributed by atoms with Crippen LogP contribution in [0.15, 0.2) is 24.4 Å². The molecule has 25 heavy (non-hydrogen) atoms. The topological polar surface area (TPSA) is 98.1 Å². The molecule has 0 bridgehead atoms. The highest BCUT2D eigenvalue weighted by Gasteiger charge is 2.25. The van der Waals surface area contributed by atoms with E-state index in [1.54, 1.807) is 24.4 Å². The fourth-order valence-electron chi connectivity index (χ4n) is 2.35. The summed E-state index contributed by atoms with van der Waals surface area (Å²) < 4.78 is 7.12. The minimum absolute atomic E-state index is 0.168. The van der Waals surface area contributed by atoms with Crippen LogP contribution in [-0.4, -0.2) is 46.0 Å². The van der Waals surface area contributed by atoms with Gasteiger partial charge in [0.1, 0.15) is 11.4 Å². The zero-order chi connectivity index (χ0) is 17.8. The Morgan fingerprint density at radius 2 is 2.08 bits per heavy atom. The van der Waals surface area contributed by atoms with E-state index < -0.39 is 0 Å². The third-order valence-corrected chi connectivity index (χ3v) is 3.74. The largest absolute Gasteiger partial charge is 0.492 e. The molecule has 0 aliphatic heterocycles. The Labute approximate surface area is 145 Å². The van der Waals surface area contributed by atoms with Crippen LogP contribution in [0.25, 0.3) is 5.69 Å². The number of amides is 2. The zero-order valence-corrected chi connectivity index (χ0v) is 14.3. The first kappa shape index (κ1) is 16.9. The summed E-state index contributed by atoms with van der Waals surface area (Å²) in [4.78, 5) is 24.1. The van der Waals surface area contributed by atoms with E-state index in [2.05, 4.69) is 20.9 Å². The number of carbonyl (C=O) groups is 2. The molecule has 2 amide bonds. The molecule has 1 aromatic heterocycles. The number of ether oxygens (including phenoxy) is 1. The Morgan fingerprint density at radius 3 is 2.76 bits per heavy atom. The summed E-state index contributed by atoms with van der Waals surface area (Å²) in [5.74, 6) is 0.106. The second-order valence-corrected chi connectivity index (χ2v) is 5.77. The molecular formula is C17H21N5O3. The van der Waals surface area contributed by atoms with E-state index in [0.29, 0.717) is 30.2 Å². The fourth-order valence-corrected chi connectivity index (χ4v) is 2.35. The molecule has 1 aromatic carbocycles. The van der Waals surface area contributed by atoms with Crippen molar-refractivity contribution < 1.29 is 14.3 Å². The van der Waals surface area contributed by atoms with Crippen LogP contribution in [0.2, 0.25) is 0 Å². The molecule has 1 aliphatic rings. The van der Waals surface area contributed by atoms with Gasteiger partial charge in [-0.2, -0.15) is 0 Å². The smallest absolute Gasteiger partial charge is 0.273 e. The van der Waals surface area contributed by atoms with Gasteiger partial charge >= 0.3 is 0 Å². The van der Waals surface area contributed by atoms with E-state index in [0.717, 1.165) is 12.8 Å². The van der Waals surface area contributed by atoms with Gasteiger partial charge in [0.2, 0.25) is 0 Å². The minimum Gasteiger partial charge on any atom is -0.492 e. The van der Waals surface area contributed by atoms with Crippen molar-refractivity contribution in [3.8, 4) is 11.4 Å². The molecule has 3 rings (SSSR count). The quantitative estimate of drug-likeness (QED) is 0.790. The van der Waals surface area contributed by atoms with Crippen molar-refractivity contribution in [2.45, 2.75) is 32.7 Å². The van der Waals surface area contributed by atoms with Crippen LogP contribution >= 0.6 is 0 Å². The number of hydrogen-bond acceptors (Lipinski definition) is 5. The molecule has 0 radical (unpaired) electrons. The molecule has 1 heterocycles. The maximum Gasteiger partial charge on any atom is 0.273 e. The van der Waals surface area contributed by atoms with Crippen molar-refractivity contribution in [3.63, 3.8) is 0 Å². The van der Waals surface area contributed by atoms with Gasteiger partial charge in [-0.25, -0.2) is 4.68 Å². The Bertz CT molecular complexity index is 782. The van der Waals surface area contributed by atoms with Crippen LogP contribution in [0.5, 0.6) is 5.75 Å². The molecule has 8 nitrogen and oxygen atoms in total. The minimum atomic E-state index is -0.231. The number of rotatable bonds is 7. The first-order valence-electron chi connectivity index (χ1n) is 8.41. The molecule has 1 saturated carbocycles. The van der Waals surface area contributed by atoms with Crippen LogP contribution in [-0.2, 0) is 0 Å². The maximum absolute atomic E-state index is 12.1. The molecule has 0 unspecified atom stereocenters. The summed E-state index contributed by atoms with van der Waals surface area (Å²) in [7, 11) is 0. The maximum atomic E-state index is 12.1. The van der Waals surface area contributed by atoms with Gasteiger partial charge in [-0.15, -0.1) is 5.10 Å². The third kappa shape index (κ3) is 3.96. The number of nitrogens with one attached hydrogen (secondary N) is 2. The van der Waals surface area contributed by atoms with Crippen molar-refractivity contribution in [1.29, 1.82) is 0 Å². The Balaban J connectivity index is 1.86. The highest BCUT2D eigenvalue weighted by Crippen LogP contribution is 2.24. The summed E-state index contributed by atoms with van der Waals surface area (Å²) in [6.07, 6.45) is 3.58. The molecule has 8 heteroatoms. The SMILES string of the molecule is CCNC(=O)c1ccc(-n2cc(C(=O)NC3CC3)nn2)c(OCC)c1. The van der Waals surface area contributed by atoms with Gasteiger partial charge in [0, 0.05) is 18.2 Å². The van der Waals surface area contributed by atoms with Gasteiger partial charge < -0.3 is 15.4 Å². The van der Waals surface area contributed by atoms with Gasteiger partial charge in [-0.3, -0.25) is 9.59 Å². The first-order chi connectivity index (χ1) is 12.1. The number of carbonyl (C=O) groups excluding carboxylic acids is 2. The fraction of sp³-hybridized carbons (Fsp3) is 0.412. The standard InChI is InChI=1S/C17H21N5O3/c1-3-18-16(23)11-5-8-14(15(9-11)25-4-2)22-10-13(20-21-22)17(24)19-12-6-7-12/h5,8-10,12H,3-4,6-7H2,1-2H3,(H,18,23)(H,19,24). The van der Waals surface area contributed by atoms with Crippen LogP contribution in [0.1, 0.15) is 47.5 Å². The monoisotopic (exact) mass is 343 g/mol. The van der Waals surface area contributed by atoms with E-state index in [4.69, 9.17) is 4.74 Å². The highest BCUT2D eigenvalue weighted by atomic mass is 16.5. The summed E-state index contributed by atoms with van der Waals surface area (Å²) in [6.45, 7) is 4.71. The molecule has 1 fully saturated rings. The van der Waals surface area contributed by atoms with Gasteiger partial charge in [-0.1, -0.05) is 5.21 Å². The Kier molecular flexibility index (Phi) is 4.97. The van der Waals surface area contributed by atoms with Crippen LogP contribution in [0.4, 0.5) is 0 Å². The molecule has 0 atom stereocenters. The zero-order valence-electron chi connectivity index (χ0n) is 14.3. The molecular weight excluding hydrogens is 322 g/mol. The predicted octanol–water partition coefficient (Wildman–Crippen LogP) is 1.31. The Hall–Kier alpha value is -2.90. The molecule has 1 aliphatic carbocycles. The van der Waals surface area contributed by atoms with Gasteiger partial charge in [0.05, 0.1) is 12.8 Å². The predicted molar refractivity (Wildman–Crippen MR) is 91.0 cm³/mol. The van der Waals surface area contributed by atoms with Crippen molar-refractivity contribution in [2.24, 2.45) is 0 Å². The summed E-state index contributed by atoms with van der Waals surface area (Å²) >= 11 is 0. The van der Waals surface area contributed by atoms with E-state index in [9.17, 15) is 9.59 Å². The molecule has 132 valence electrons. The van der Waals surface area contributed by atoms with Crippen molar-refractivity contribution in [2.75, 3.05) is 13.2 Å². The van der Waals surface area contributed by atoms with Crippen LogP contribution < -0.4 is 15.4 Å². The third-order valence-electron chi connectivity index (χ3n) is 3.74. The van der Waals surface area contributed by atoms with E-state index in [1.165, 1.54) is 4.68 Å². The van der Waals surface area contributed by atoms with E-state index in [-0.39, 0.29) is 23.6 Å². The molecule has 2 aromatic rings. The number of hydrogen-bond donors (Lipinski definition) is 2. The second kappa shape index (κ2) is 7.33. The summed E-state index contributed by atoms with van der Waals surface area (Å²) in [5, 5.41) is 13.6. The lowest BCUT2D eigenvalue weighted by molar-refractivity contribution is 0.0941. The second-order valence-electron chi connectivity index (χ2n) is 5.77. The van der Waals surface area contributed by atoms with E-state index >= 15 is 0 Å². The molecule has 0 saturated heterocycles. The lowest BCUT2D eigenvalue weighted by Gasteiger charge is -2.11. The van der Waals surface area contributed by atoms with E-state index in [1.807, 2.05) is 13.8 Å². The van der Waals surface area contributed by atoms with Gasteiger partial charge in [-0.05, 0) is 44.9 Å². The first-order valence-corrected chi connectivity index (χ1v) is 8.41. The number of aromatic nitrogens is 3. The van der Waals surface area contributed by atoms with Crippen LogP contribution in [0.3, 0.4) is 0 Å². The average molecular weight is 343 g/mol. The summed E-state index contributed by atoms with van der Waals surface area (Å²) in [5.41, 5.74) is 1.37. The number of nitrogens with zero attached hydrogens (tertiary/aromatic N) is 3. The lowest BCUT2D eigenvalue weighted by Crippen LogP contribution is -2.25. The Morgan fingerprint density at radius 1 is 1.28 bits per heavy atom. The van der Waals surface area contributed by atoms with Gasteiger partial charge in [0.25, 0.3) is 11.8 Å². The lowest BCUT2D eigenvalue weighted by atomic mass is 10.1. The van der Waals surface area contributed by atoms with Gasteiger partial charge in [0.15, 0.2) is 5.69 Å². The van der Waals surface area contributed by atoms with Crippen LogP contribution in [0, 0.1) is 0 Å². The number of benzene rings is 1. The normalized spacial score (nSPS) is 13.4. The highest BCUT2D eigenvalue weighted by molar-refractivity contribution is 5.95. The van der Waals surface area contributed by atoms with Crippen molar-refractivity contribution in [1.82, 2.24) is 25.6 Å². The average Bonchev–Trinajstić information content (AvgIpc) is 3.27.